The number of alkyl halides is 1. The van der Waals surface area contributed by atoms with Gasteiger partial charge in [0.05, 0.1) is 5.69 Å². The van der Waals surface area contributed by atoms with Crippen molar-refractivity contribution in [3.8, 4) is 0 Å². The maximum absolute atomic E-state index is 5.54. The smallest absolute Gasteiger partial charge is 0.200 e. The van der Waals surface area contributed by atoms with Crippen molar-refractivity contribution in [3.63, 3.8) is 0 Å². The molecule has 0 atom stereocenters. The molecule has 0 aliphatic heterocycles. The summed E-state index contributed by atoms with van der Waals surface area (Å²) in [5.41, 5.74) is 2.53. The first-order valence-electron chi connectivity index (χ1n) is 4.28. The van der Waals surface area contributed by atoms with Gasteiger partial charge in [-0.2, -0.15) is 0 Å². The Morgan fingerprint density at radius 2 is 2.42 bits per heavy atom. The Kier molecular flexibility index (Phi) is 2.21. The molecule has 66 valence electrons. The Morgan fingerprint density at radius 3 is 3.17 bits per heavy atom. The number of hydrogen-bond acceptors (Lipinski definition) is 2. The molecule has 0 amide bonds. The normalized spacial score (nSPS) is 14.8. The first kappa shape index (κ1) is 7.92. The predicted octanol–water partition coefficient (Wildman–Crippen LogP) is 1.55. The number of rotatable bonds is 3. The minimum atomic E-state index is 0.616. The number of aromatic amines is 1. The topological polar surface area (TPSA) is 40.7 Å². The summed E-state index contributed by atoms with van der Waals surface area (Å²) >= 11 is 5.54. The molecule has 1 aliphatic rings. The Morgan fingerprint density at radius 1 is 1.50 bits per heavy atom. The third-order valence-electron chi connectivity index (χ3n) is 2.09. The maximum Gasteiger partial charge on any atom is 0.200 e. The van der Waals surface area contributed by atoms with Crippen LogP contribution < -0.4 is 5.32 Å². The van der Waals surface area contributed by atoms with E-state index in [0.717, 1.165) is 25.3 Å². The van der Waals surface area contributed by atoms with Crippen molar-refractivity contribution in [2.45, 2.75) is 19.3 Å². The van der Waals surface area contributed by atoms with Gasteiger partial charge in [-0.3, -0.25) is 0 Å². The van der Waals surface area contributed by atoms with Gasteiger partial charge in [0.25, 0.3) is 0 Å². The largest absolute Gasteiger partial charge is 0.355 e. The molecule has 0 radical (unpaired) electrons. The number of halogens is 1. The van der Waals surface area contributed by atoms with Crippen molar-refractivity contribution in [2.24, 2.45) is 0 Å². The molecule has 0 aromatic carbocycles. The van der Waals surface area contributed by atoms with Gasteiger partial charge in [-0.05, 0) is 19.3 Å². The fraction of sp³-hybridized carbons (Fsp3) is 0.625. The van der Waals surface area contributed by atoms with E-state index in [1.165, 1.54) is 17.8 Å². The Hall–Kier alpha value is -0.700. The quantitative estimate of drug-likeness (QED) is 0.702. The van der Waals surface area contributed by atoms with Crippen LogP contribution in [0.5, 0.6) is 0 Å². The SMILES string of the molecule is ClCCNc1nc2c([nH]1)CCC2. The van der Waals surface area contributed by atoms with Crippen molar-refractivity contribution >= 4 is 17.5 Å². The van der Waals surface area contributed by atoms with Gasteiger partial charge in [-0.25, -0.2) is 4.98 Å². The van der Waals surface area contributed by atoms with Crippen molar-refractivity contribution in [1.82, 2.24) is 9.97 Å². The van der Waals surface area contributed by atoms with Gasteiger partial charge in [0.15, 0.2) is 0 Å². The minimum Gasteiger partial charge on any atom is -0.355 e. The van der Waals surface area contributed by atoms with Crippen LogP contribution >= 0.6 is 11.6 Å². The summed E-state index contributed by atoms with van der Waals surface area (Å²) in [5.74, 6) is 1.49. The van der Waals surface area contributed by atoms with Gasteiger partial charge in [0.1, 0.15) is 0 Å². The molecule has 2 N–H and O–H groups in total. The number of aromatic nitrogens is 2. The Bertz CT molecular complexity index is 248. The molecule has 12 heavy (non-hydrogen) atoms. The predicted molar refractivity (Wildman–Crippen MR) is 49.8 cm³/mol. The molecule has 1 heterocycles. The van der Waals surface area contributed by atoms with Crippen molar-refractivity contribution in [3.05, 3.63) is 11.4 Å². The van der Waals surface area contributed by atoms with E-state index in [4.69, 9.17) is 11.6 Å². The summed E-state index contributed by atoms with van der Waals surface area (Å²) in [6, 6.07) is 0. The van der Waals surface area contributed by atoms with Gasteiger partial charge in [-0.15, -0.1) is 11.6 Å². The van der Waals surface area contributed by atoms with Crippen molar-refractivity contribution in [1.29, 1.82) is 0 Å². The van der Waals surface area contributed by atoms with Gasteiger partial charge in [0, 0.05) is 18.1 Å². The average molecular weight is 186 g/mol. The number of H-pyrrole nitrogens is 1. The summed E-state index contributed by atoms with van der Waals surface area (Å²) < 4.78 is 0. The third-order valence-corrected chi connectivity index (χ3v) is 2.28. The monoisotopic (exact) mass is 185 g/mol. The fourth-order valence-electron chi connectivity index (χ4n) is 1.54. The van der Waals surface area contributed by atoms with E-state index in [0.29, 0.717) is 5.88 Å². The number of hydrogen-bond donors (Lipinski definition) is 2. The van der Waals surface area contributed by atoms with Crippen molar-refractivity contribution < 1.29 is 0 Å². The van der Waals surface area contributed by atoms with Gasteiger partial charge in [0.2, 0.25) is 5.95 Å². The zero-order valence-corrected chi connectivity index (χ0v) is 7.62. The lowest BCUT2D eigenvalue weighted by Crippen LogP contribution is -2.04. The second-order valence-electron chi connectivity index (χ2n) is 2.98. The molecule has 0 saturated carbocycles. The highest BCUT2D eigenvalue weighted by atomic mass is 35.5. The molecule has 0 saturated heterocycles. The zero-order chi connectivity index (χ0) is 8.39. The first-order valence-corrected chi connectivity index (χ1v) is 4.81. The molecule has 2 rings (SSSR count). The fourth-order valence-corrected chi connectivity index (χ4v) is 1.64. The molecule has 1 aromatic heterocycles. The lowest BCUT2D eigenvalue weighted by Gasteiger charge is -1.97. The number of anilines is 1. The number of nitrogens with zero attached hydrogens (tertiary/aromatic N) is 1. The standard InChI is InChI=1S/C8H12ClN3/c9-4-5-10-8-11-6-2-1-3-7(6)12-8/h1-5H2,(H2,10,11,12). The summed E-state index contributed by atoms with van der Waals surface area (Å²) in [6.07, 6.45) is 3.50. The molecule has 0 bridgehead atoms. The van der Waals surface area contributed by atoms with Crippen LogP contribution in [0.15, 0.2) is 0 Å². The van der Waals surface area contributed by atoms with E-state index in [1.807, 2.05) is 0 Å². The molecular formula is C8H12ClN3. The molecule has 0 fully saturated rings. The van der Waals surface area contributed by atoms with Crippen LogP contribution in [0.2, 0.25) is 0 Å². The highest BCUT2D eigenvalue weighted by molar-refractivity contribution is 6.18. The second kappa shape index (κ2) is 3.35. The van der Waals surface area contributed by atoms with Gasteiger partial charge in [-0.1, -0.05) is 0 Å². The highest BCUT2D eigenvalue weighted by Gasteiger charge is 2.15. The van der Waals surface area contributed by atoms with Crippen LogP contribution in [0, 0.1) is 0 Å². The third kappa shape index (κ3) is 1.41. The van der Waals surface area contributed by atoms with Gasteiger partial charge >= 0.3 is 0 Å². The molecule has 1 aliphatic carbocycles. The first-order chi connectivity index (χ1) is 5.90. The lowest BCUT2D eigenvalue weighted by molar-refractivity contribution is 0.876. The summed E-state index contributed by atoms with van der Waals surface area (Å²) in [5, 5.41) is 3.13. The second-order valence-corrected chi connectivity index (χ2v) is 3.36. The van der Waals surface area contributed by atoms with E-state index >= 15 is 0 Å². The van der Waals surface area contributed by atoms with Crippen LogP contribution in [0.1, 0.15) is 17.8 Å². The van der Waals surface area contributed by atoms with Gasteiger partial charge < -0.3 is 10.3 Å². The van der Waals surface area contributed by atoms with E-state index in [1.54, 1.807) is 0 Å². The van der Waals surface area contributed by atoms with E-state index in [9.17, 15) is 0 Å². The van der Waals surface area contributed by atoms with E-state index in [2.05, 4.69) is 15.3 Å². The molecule has 0 unspecified atom stereocenters. The summed E-state index contributed by atoms with van der Waals surface area (Å²) in [4.78, 5) is 7.65. The minimum absolute atomic E-state index is 0.616. The summed E-state index contributed by atoms with van der Waals surface area (Å²) in [6.45, 7) is 0.772. The number of fused-ring (bicyclic) bond motifs is 1. The summed E-state index contributed by atoms with van der Waals surface area (Å²) in [7, 11) is 0. The average Bonchev–Trinajstić information content (AvgIpc) is 2.58. The Balaban J connectivity index is 2.05. The zero-order valence-electron chi connectivity index (χ0n) is 6.86. The van der Waals surface area contributed by atoms with E-state index in [-0.39, 0.29) is 0 Å². The van der Waals surface area contributed by atoms with Crippen LogP contribution in [0.4, 0.5) is 5.95 Å². The molecule has 0 spiro atoms. The number of nitrogens with one attached hydrogen (secondary N) is 2. The molecular weight excluding hydrogens is 174 g/mol. The van der Waals surface area contributed by atoms with Crippen LogP contribution in [-0.2, 0) is 12.8 Å². The molecule has 4 heteroatoms. The van der Waals surface area contributed by atoms with Crippen LogP contribution in [0.3, 0.4) is 0 Å². The molecule has 3 nitrogen and oxygen atoms in total. The Labute approximate surface area is 76.5 Å². The lowest BCUT2D eigenvalue weighted by atomic mass is 10.4. The highest BCUT2D eigenvalue weighted by Crippen LogP contribution is 2.20. The maximum atomic E-state index is 5.54. The number of imidazole rings is 1. The van der Waals surface area contributed by atoms with Crippen LogP contribution in [-0.4, -0.2) is 22.4 Å². The van der Waals surface area contributed by atoms with Crippen molar-refractivity contribution in [2.75, 3.05) is 17.7 Å². The van der Waals surface area contributed by atoms with Crippen LogP contribution in [0.25, 0.3) is 0 Å². The van der Waals surface area contributed by atoms with E-state index < -0.39 is 0 Å². The molecule has 1 aromatic rings. The number of aryl methyl sites for hydroxylation is 2.